The van der Waals surface area contributed by atoms with Gasteiger partial charge in [-0.25, -0.2) is 0 Å². The van der Waals surface area contributed by atoms with Crippen molar-refractivity contribution in [3.63, 3.8) is 0 Å². The number of hydrogen-bond acceptors (Lipinski definition) is 3. The van der Waals surface area contributed by atoms with E-state index in [1.807, 2.05) is 60.7 Å². The molecule has 29 heavy (non-hydrogen) atoms. The predicted octanol–water partition coefficient (Wildman–Crippen LogP) is 4.36. The van der Waals surface area contributed by atoms with Gasteiger partial charge < -0.3 is 15.4 Å². The predicted molar refractivity (Wildman–Crippen MR) is 118 cm³/mol. The maximum atomic E-state index is 12.3. The van der Waals surface area contributed by atoms with Gasteiger partial charge in [-0.3, -0.25) is 9.59 Å². The number of benzene rings is 3. The molecule has 3 rings (SSSR count). The summed E-state index contributed by atoms with van der Waals surface area (Å²) in [4.78, 5) is 23.8. The fraction of sp³-hybridized carbons (Fsp3) is 0.217. The van der Waals surface area contributed by atoms with Crippen LogP contribution in [0.1, 0.15) is 24.9 Å². The Morgan fingerprint density at radius 2 is 1.72 bits per heavy atom. The molecule has 6 heteroatoms. The highest BCUT2D eigenvalue weighted by Gasteiger charge is 2.17. The van der Waals surface area contributed by atoms with Gasteiger partial charge >= 0.3 is 0 Å². The number of ether oxygens (including phenoxy) is 1. The fourth-order valence-electron chi connectivity index (χ4n) is 3.07. The van der Waals surface area contributed by atoms with Crippen LogP contribution >= 0.6 is 15.9 Å². The zero-order chi connectivity index (χ0) is 20.6. The summed E-state index contributed by atoms with van der Waals surface area (Å²) in [6.07, 6.45) is 0.164. The highest BCUT2D eigenvalue weighted by Crippen LogP contribution is 2.21. The Labute approximate surface area is 178 Å². The minimum absolute atomic E-state index is 0.145. The van der Waals surface area contributed by atoms with Gasteiger partial charge in [0.2, 0.25) is 11.8 Å². The quantitative estimate of drug-likeness (QED) is 0.496. The zero-order valence-electron chi connectivity index (χ0n) is 16.2. The van der Waals surface area contributed by atoms with Crippen LogP contribution in [0.15, 0.2) is 71.2 Å². The average molecular weight is 455 g/mol. The molecule has 1 unspecified atom stereocenters. The molecule has 0 radical (unpaired) electrons. The lowest BCUT2D eigenvalue weighted by Gasteiger charge is -2.18. The minimum Gasteiger partial charge on any atom is -0.492 e. The Morgan fingerprint density at radius 1 is 1.00 bits per heavy atom. The molecule has 0 bridgehead atoms. The molecule has 5 nitrogen and oxygen atoms in total. The van der Waals surface area contributed by atoms with Crippen molar-refractivity contribution < 1.29 is 14.3 Å². The van der Waals surface area contributed by atoms with E-state index in [0.29, 0.717) is 13.2 Å². The first-order valence-corrected chi connectivity index (χ1v) is 10.2. The van der Waals surface area contributed by atoms with E-state index in [-0.39, 0.29) is 24.3 Å². The van der Waals surface area contributed by atoms with Gasteiger partial charge in [-0.15, -0.1) is 0 Å². The first-order chi connectivity index (χ1) is 14.0. The van der Waals surface area contributed by atoms with Crippen LogP contribution in [0.5, 0.6) is 5.75 Å². The van der Waals surface area contributed by atoms with Crippen molar-refractivity contribution in [2.24, 2.45) is 0 Å². The van der Waals surface area contributed by atoms with E-state index in [9.17, 15) is 9.59 Å². The number of rotatable bonds is 8. The molecule has 0 aromatic heterocycles. The molecular weight excluding hydrogens is 432 g/mol. The second-order valence-electron chi connectivity index (χ2n) is 6.72. The Hall–Kier alpha value is -2.86. The molecule has 0 saturated carbocycles. The lowest BCUT2D eigenvalue weighted by atomic mass is 10.0. The summed E-state index contributed by atoms with van der Waals surface area (Å²) in [6, 6.07) is 21.2. The Morgan fingerprint density at radius 3 is 2.45 bits per heavy atom. The van der Waals surface area contributed by atoms with E-state index in [0.717, 1.165) is 26.6 Å². The summed E-state index contributed by atoms with van der Waals surface area (Å²) in [6.45, 7) is 2.20. The van der Waals surface area contributed by atoms with E-state index in [2.05, 4.69) is 32.6 Å². The molecule has 2 N–H and O–H groups in total. The monoisotopic (exact) mass is 454 g/mol. The van der Waals surface area contributed by atoms with Gasteiger partial charge in [-0.1, -0.05) is 58.4 Å². The van der Waals surface area contributed by atoms with Gasteiger partial charge in [0.05, 0.1) is 19.0 Å². The number of carbonyl (C=O) groups is 2. The standard InChI is InChI=1S/C23H23BrN2O3/c1-16(27)26-22(18-6-9-20(24)10-7-18)15-23(28)25-12-13-29-21-11-8-17-4-2-3-5-19(17)14-21/h2-11,14,22H,12-13,15H2,1H3,(H,25,28)(H,26,27). The van der Waals surface area contributed by atoms with Crippen LogP contribution in [0.4, 0.5) is 0 Å². The highest BCUT2D eigenvalue weighted by atomic mass is 79.9. The number of nitrogens with one attached hydrogen (secondary N) is 2. The summed E-state index contributed by atoms with van der Waals surface area (Å²) >= 11 is 3.39. The highest BCUT2D eigenvalue weighted by molar-refractivity contribution is 9.10. The topological polar surface area (TPSA) is 67.4 Å². The van der Waals surface area contributed by atoms with E-state index in [1.54, 1.807) is 0 Å². The van der Waals surface area contributed by atoms with Gasteiger partial charge in [0.25, 0.3) is 0 Å². The molecule has 0 aliphatic rings. The number of amides is 2. The van der Waals surface area contributed by atoms with Gasteiger partial charge in [0, 0.05) is 11.4 Å². The van der Waals surface area contributed by atoms with Gasteiger partial charge in [-0.05, 0) is 40.6 Å². The molecule has 0 heterocycles. The SMILES string of the molecule is CC(=O)NC(CC(=O)NCCOc1ccc2ccccc2c1)c1ccc(Br)cc1. The van der Waals surface area contributed by atoms with Crippen LogP contribution < -0.4 is 15.4 Å². The molecular formula is C23H23BrN2O3. The maximum absolute atomic E-state index is 12.3. The van der Waals surface area contributed by atoms with E-state index >= 15 is 0 Å². The molecule has 1 atom stereocenters. The first-order valence-electron chi connectivity index (χ1n) is 9.42. The molecule has 3 aromatic carbocycles. The molecule has 0 spiro atoms. The number of hydrogen-bond donors (Lipinski definition) is 2. The van der Waals surface area contributed by atoms with Crippen LogP contribution in [-0.4, -0.2) is 25.0 Å². The fourth-order valence-corrected chi connectivity index (χ4v) is 3.33. The smallest absolute Gasteiger partial charge is 0.222 e. The first kappa shape index (κ1) is 20.9. The van der Waals surface area contributed by atoms with E-state index in [1.165, 1.54) is 6.92 Å². The maximum Gasteiger partial charge on any atom is 0.222 e. The Bertz CT molecular complexity index is 989. The van der Waals surface area contributed by atoms with E-state index < -0.39 is 0 Å². The van der Waals surface area contributed by atoms with Crippen LogP contribution in [0.3, 0.4) is 0 Å². The average Bonchev–Trinajstić information content (AvgIpc) is 2.71. The number of fused-ring (bicyclic) bond motifs is 1. The van der Waals surface area contributed by atoms with Crippen LogP contribution in [0, 0.1) is 0 Å². The van der Waals surface area contributed by atoms with Gasteiger partial charge in [-0.2, -0.15) is 0 Å². The normalized spacial score (nSPS) is 11.7. The third kappa shape index (κ3) is 6.32. The van der Waals surface area contributed by atoms with E-state index in [4.69, 9.17) is 4.74 Å². The summed E-state index contributed by atoms with van der Waals surface area (Å²) < 4.78 is 6.68. The van der Waals surface area contributed by atoms with Crippen LogP contribution in [-0.2, 0) is 9.59 Å². The van der Waals surface area contributed by atoms with Gasteiger partial charge in [0.15, 0.2) is 0 Å². The van der Waals surface area contributed by atoms with Crippen molar-refractivity contribution >= 4 is 38.5 Å². The Kier molecular flexibility index (Phi) is 7.25. The van der Waals surface area contributed by atoms with Crippen molar-refractivity contribution in [2.75, 3.05) is 13.2 Å². The number of halogens is 1. The second kappa shape index (κ2) is 10.1. The third-order valence-electron chi connectivity index (χ3n) is 4.45. The van der Waals surface area contributed by atoms with Crippen molar-refractivity contribution in [2.45, 2.75) is 19.4 Å². The second-order valence-corrected chi connectivity index (χ2v) is 7.63. The summed E-state index contributed by atoms with van der Waals surface area (Å²) in [5.74, 6) is 0.447. The molecule has 2 amide bonds. The van der Waals surface area contributed by atoms with Crippen molar-refractivity contribution in [1.82, 2.24) is 10.6 Å². The largest absolute Gasteiger partial charge is 0.492 e. The van der Waals surface area contributed by atoms with Crippen molar-refractivity contribution in [3.05, 3.63) is 76.8 Å². The summed E-state index contributed by atoms with van der Waals surface area (Å²) in [5.41, 5.74) is 0.881. The minimum atomic E-state index is -0.373. The Balaban J connectivity index is 1.49. The third-order valence-corrected chi connectivity index (χ3v) is 4.98. The van der Waals surface area contributed by atoms with Crippen molar-refractivity contribution in [3.8, 4) is 5.75 Å². The van der Waals surface area contributed by atoms with Gasteiger partial charge in [0.1, 0.15) is 12.4 Å². The molecule has 0 saturated heterocycles. The summed E-state index contributed by atoms with van der Waals surface area (Å²) in [7, 11) is 0. The molecule has 0 aliphatic heterocycles. The van der Waals surface area contributed by atoms with Crippen LogP contribution in [0.2, 0.25) is 0 Å². The number of carbonyl (C=O) groups excluding carboxylic acids is 2. The molecule has 0 fully saturated rings. The summed E-state index contributed by atoms with van der Waals surface area (Å²) in [5, 5.41) is 7.95. The molecule has 3 aromatic rings. The lowest BCUT2D eigenvalue weighted by Crippen LogP contribution is -2.34. The van der Waals surface area contributed by atoms with Crippen molar-refractivity contribution in [1.29, 1.82) is 0 Å². The zero-order valence-corrected chi connectivity index (χ0v) is 17.7. The molecule has 150 valence electrons. The lowest BCUT2D eigenvalue weighted by molar-refractivity contribution is -0.122. The molecule has 0 aliphatic carbocycles. The van der Waals surface area contributed by atoms with Crippen LogP contribution in [0.25, 0.3) is 10.8 Å².